The minimum atomic E-state index is -3.85. The van der Waals surface area contributed by atoms with Crippen LogP contribution in [0, 0.1) is 0 Å². The lowest BCUT2D eigenvalue weighted by atomic mass is 10.2. The number of thiazole rings is 1. The summed E-state index contributed by atoms with van der Waals surface area (Å²) >= 11 is 1.25. The van der Waals surface area contributed by atoms with Gasteiger partial charge < -0.3 is 14.2 Å². The van der Waals surface area contributed by atoms with E-state index in [0.717, 1.165) is 4.70 Å². The zero-order valence-corrected chi connectivity index (χ0v) is 20.1. The largest absolute Gasteiger partial charge is 0.497 e. The third kappa shape index (κ3) is 4.75. The molecule has 1 amide bonds. The van der Waals surface area contributed by atoms with Crippen molar-refractivity contribution in [3.8, 4) is 17.2 Å². The van der Waals surface area contributed by atoms with Gasteiger partial charge in [-0.1, -0.05) is 17.4 Å². The van der Waals surface area contributed by atoms with Crippen LogP contribution in [-0.4, -0.2) is 40.6 Å². The highest BCUT2D eigenvalue weighted by Crippen LogP contribution is 2.39. The Kier molecular flexibility index (Phi) is 6.57. The molecule has 3 aromatic carbocycles. The first kappa shape index (κ1) is 23.3. The maximum Gasteiger partial charge on any atom is 0.261 e. The van der Waals surface area contributed by atoms with Crippen LogP contribution in [0.4, 0.5) is 10.8 Å². The van der Waals surface area contributed by atoms with Crippen molar-refractivity contribution in [3.05, 3.63) is 66.2 Å². The topological polar surface area (TPSA) is 116 Å². The molecule has 0 saturated heterocycles. The number of amides is 1. The molecule has 4 rings (SSSR count). The number of benzene rings is 3. The number of nitrogens with zero attached hydrogens (tertiary/aromatic N) is 1. The second-order valence-electron chi connectivity index (χ2n) is 6.98. The molecule has 0 spiro atoms. The van der Waals surface area contributed by atoms with Gasteiger partial charge in [0.15, 0.2) is 5.13 Å². The summed E-state index contributed by atoms with van der Waals surface area (Å²) in [6.45, 7) is 0. The molecule has 11 heteroatoms. The number of carbonyl (C=O) groups is 1. The number of fused-ring (bicyclic) bond motifs is 1. The van der Waals surface area contributed by atoms with Crippen molar-refractivity contribution in [3.63, 3.8) is 0 Å². The highest BCUT2D eigenvalue weighted by molar-refractivity contribution is 7.92. The Labute approximate surface area is 200 Å². The van der Waals surface area contributed by atoms with E-state index < -0.39 is 15.9 Å². The van der Waals surface area contributed by atoms with Crippen LogP contribution in [0.1, 0.15) is 10.4 Å². The number of nitrogens with one attached hydrogen (secondary N) is 2. The van der Waals surface area contributed by atoms with Crippen molar-refractivity contribution in [2.45, 2.75) is 4.90 Å². The number of ether oxygens (including phenoxy) is 3. The fourth-order valence-corrected chi connectivity index (χ4v) is 5.22. The predicted octanol–water partition coefficient (Wildman–Crippen LogP) is 4.38. The van der Waals surface area contributed by atoms with Gasteiger partial charge in [-0.3, -0.25) is 14.8 Å². The summed E-state index contributed by atoms with van der Waals surface area (Å²) in [5, 5.41) is 3.10. The third-order valence-electron chi connectivity index (χ3n) is 4.88. The van der Waals surface area contributed by atoms with E-state index in [9.17, 15) is 13.2 Å². The van der Waals surface area contributed by atoms with Gasteiger partial charge >= 0.3 is 0 Å². The molecule has 0 aliphatic carbocycles. The average molecular weight is 500 g/mol. The molecule has 1 aromatic heterocycles. The molecule has 34 heavy (non-hydrogen) atoms. The van der Waals surface area contributed by atoms with E-state index in [0.29, 0.717) is 27.9 Å². The lowest BCUT2D eigenvalue weighted by molar-refractivity contribution is 0.102. The average Bonchev–Trinajstić information content (AvgIpc) is 3.27. The molecule has 0 bridgehead atoms. The molecule has 9 nitrogen and oxygen atoms in total. The van der Waals surface area contributed by atoms with E-state index in [1.54, 1.807) is 49.6 Å². The molecular formula is C23H21N3O6S2. The van der Waals surface area contributed by atoms with Crippen molar-refractivity contribution >= 4 is 48.3 Å². The van der Waals surface area contributed by atoms with Crippen LogP contribution in [0.25, 0.3) is 10.2 Å². The number of carbonyl (C=O) groups excluding carboxylic acids is 1. The summed E-state index contributed by atoms with van der Waals surface area (Å²) in [5.41, 5.74) is 1.08. The third-order valence-corrected chi connectivity index (χ3v) is 7.26. The maximum atomic E-state index is 12.9. The molecule has 4 aromatic rings. The van der Waals surface area contributed by atoms with Gasteiger partial charge in [0.25, 0.3) is 15.9 Å². The Balaban J connectivity index is 1.55. The van der Waals surface area contributed by atoms with Crippen LogP contribution >= 0.6 is 11.3 Å². The SMILES string of the molecule is COc1ccc(S(=O)(=O)Nc2cccc(C(=O)Nc3nc4c(OC)ccc(OC)c4s3)c2)cc1. The van der Waals surface area contributed by atoms with Crippen molar-refractivity contribution < 1.29 is 27.4 Å². The van der Waals surface area contributed by atoms with Gasteiger partial charge in [-0.2, -0.15) is 0 Å². The Morgan fingerprint density at radius 2 is 1.62 bits per heavy atom. The second-order valence-corrected chi connectivity index (χ2v) is 9.66. The van der Waals surface area contributed by atoms with Crippen molar-refractivity contribution in [2.75, 3.05) is 31.4 Å². The fraction of sp³-hybridized carbons (Fsp3) is 0.130. The van der Waals surface area contributed by atoms with Gasteiger partial charge in [-0.05, 0) is 54.6 Å². The molecule has 0 fully saturated rings. The van der Waals surface area contributed by atoms with Crippen LogP contribution in [0.2, 0.25) is 0 Å². The van der Waals surface area contributed by atoms with Crippen molar-refractivity contribution in [1.82, 2.24) is 4.98 Å². The monoisotopic (exact) mass is 499 g/mol. The smallest absolute Gasteiger partial charge is 0.261 e. The van der Waals surface area contributed by atoms with E-state index in [2.05, 4.69) is 15.0 Å². The van der Waals surface area contributed by atoms with Crippen LogP contribution in [-0.2, 0) is 10.0 Å². The zero-order chi connectivity index (χ0) is 24.3. The summed E-state index contributed by atoms with van der Waals surface area (Å²) in [4.78, 5) is 17.4. The van der Waals surface area contributed by atoms with E-state index in [4.69, 9.17) is 14.2 Å². The summed E-state index contributed by atoms with van der Waals surface area (Å²) in [6.07, 6.45) is 0. The number of hydrogen-bond donors (Lipinski definition) is 2. The summed E-state index contributed by atoms with van der Waals surface area (Å²) in [5.74, 6) is 1.27. The van der Waals surface area contributed by atoms with E-state index in [-0.39, 0.29) is 16.1 Å². The number of hydrogen-bond acceptors (Lipinski definition) is 8. The lowest BCUT2D eigenvalue weighted by Gasteiger charge is -2.10. The normalized spacial score (nSPS) is 11.1. The van der Waals surface area contributed by atoms with E-state index >= 15 is 0 Å². The van der Waals surface area contributed by atoms with Crippen molar-refractivity contribution in [1.29, 1.82) is 0 Å². The van der Waals surface area contributed by atoms with Crippen LogP contribution in [0.5, 0.6) is 17.2 Å². The molecular weight excluding hydrogens is 478 g/mol. The summed E-state index contributed by atoms with van der Waals surface area (Å²) < 4.78 is 44.4. The predicted molar refractivity (Wildman–Crippen MR) is 131 cm³/mol. The first-order chi connectivity index (χ1) is 16.3. The van der Waals surface area contributed by atoms with Crippen LogP contribution in [0.3, 0.4) is 0 Å². The first-order valence-corrected chi connectivity index (χ1v) is 12.2. The number of methoxy groups -OCH3 is 3. The van der Waals surface area contributed by atoms with E-state index in [1.807, 2.05) is 0 Å². The molecule has 0 aliphatic rings. The highest BCUT2D eigenvalue weighted by atomic mass is 32.2. The van der Waals surface area contributed by atoms with Gasteiger partial charge in [-0.15, -0.1) is 0 Å². The number of anilines is 2. The maximum absolute atomic E-state index is 12.9. The fourth-order valence-electron chi connectivity index (χ4n) is 3.20. The van der Waals surface area contributed by atoms with Crippen molar-refractivity contribution in [2.24, 2.45) is 0 Å². The van der Waals surface area contributed by atoms with Gasteiger partial charge in [0, 0.05) is 11.3 Å². The molecule has 0 aliphatic heterocycles. The molecule has 0 unspecified atom stereocenters. The zero-order valence-electron chi connectivity index (χ0n) is 18.5. The van der Waals surface area contributed by atoms with Crippen LogP contribution < -0.4 is 24.2 Å². The number of aromatic nitrogens is 1. The highest BCUT2D eigenvalue weighted by Gasteiger charge is 2.18. The van der Waals surface area contributed by atoms with Gasteiger partial charge in [-0.25, -0.2) is 13.4 Å². The second kappa shape index (κ2) is 9.57. The Morgan fingerprint density at radius 3 is 2.29 bits per heavy atom. The van der Waals surface area contributed by atoms with Gasteiger partial charge in [0.05, 0.1) is 26.2 Å². The van der Waals surface area contributed by atoms with Crippen LogP contribution in [0.15, 0.2) is 65.6 Å². The standard InChI is InChI=1S/C23H21N3O6S2/c1-30-16-7-9-17(10-8-16)34(28,29)26-15-6-4-5-14(13-15)22(27)25-23-24-20-18(31-2)11-12-19(32-3)21(20)33-23/h4-13,26H,1-3H3,(H,24,25,27). The molecule has 2 N–H and O–H groups in total. The quantitative estimate of drug-likeness (QED) is 0.370. The van der Waals surface area contributed by atoms with Gasteiger partial charge in [0.1, 0.15) is 27.5 Å². The first-order valence-electron chi connectivity index (χ1n) is 9.94. The molecule has 1 heterocycles. The molecule has 0 saturated carbocycles. The summed E-state index contributed by atoms with van der Waals surface area (Å²) in [6, 6.07) is 15.7. The number of rotatable bonds is 8. The minimum Gasteiger partial charge on any atom is -0.497 e. The Bertz CT molecular complexity index is 1410. The Hall–Kier alpha value is -3.83. The van der Waals surface area contributed by atoms with Gasteiger partial charge in [0.2, 0.25) is 0 Å². The lowest BCUT2D eigenvalue weighted by Crippen LogP contribution is -2.15. The Morgan fingerprint density at radius 1 is 0.912 bits per heavy atom. The molecule has 0 atom stereocenters. The number of sulfonamides is 1. The molecule has 176 valence electrons. The summed E-state index contributed by atoms with van der Waals surface area (Å²) in [7, 11) is 0.744. The minimum absolute atomic E-state index is 0.0699. The van der Waals surface area contributed by atoms with E-state index in [1.165, 1.54) is 43.8 Å². The molecule has 0 radical (unpaired) electrons.